The summed E-state index contributed by atoms with van der Waals surface area (Å²) < 4.78 is 36.5. The van der Waals surface area contributed by atoms with Gasteiger partial charge in [-0.05, 0) is 6.92 Å². The van der Waals surface area contributed by atoms with Crippen LogP contribution in [0.3, 0.4) is 0 Å². The van der Waals surface area contributed by atoms with Crippen molar-refractivity contribution in [2.24, 2.45) is 0 Å². The molecule has 0 bridgehead atoms. The van der Waals surface area contributed by atoms with E-state index in [0.29, 0.717) is 0 Å². The fraction of sp³-hybridized carbons (Fsp3) is 0.900. The van der Waals surface area contributed by atoms with Gasteiger partial charge in [-0.25, -0.2) is 4.57 Å². The zero-order chi connectivity index (χ0) is 15.3. The van der Waals surface area contributed by atoms with E-state index >= 15 is 0 Å². The molecule has 2 radical (unpaired) electrons. The molecule has 1 N–H and O–H groups in total. The van der Waals surface area contributed by atoms with E-state index in [1.807, 2.05) is 0 Å². The van der Waals surface area contributed by atoms with Crippen LogP contribution < -0.4 is 0 Å². The van der Waals surface area contributed by atoms with Crippen molar-refractivity contribution in [2.45, 2.75) is 31.2 Å². The van der Waals surface area contributed by atoms with Crippen LogP contribution >= 0.6 is 7.82 Å². The Morgan fingerprint density at radius 2 is 2.05 bits per heavy atom. The van der Waals surface area contributed by atoms with Gasteiger partial charge in [0.05, 0.1) is 6.61 Å². The van der Waals surface area contributed by atoms with Crippen molar-refractivity contribution in [3.63, 3.8) is 0 Å². The number of phosphoric acid groups is 1. The first kappa shape index (κ1) is 17.8. The molecule has 0 spiro atoms. The van der Waals surface area contributed by atoms with E-state index in [1.165, 1.54) is 14.0 Å². The average Bonchev–Trinajstić information content (AvgIpc) is 2.63. The second kappa shape index (κ2) is 7.65. The second-order valence-corrected chi connectivity index (χ2v) is 5.81. The van der Waals surface area contributed by atoms with Crippen LogP contribution in [-0.2, 0) is 32.6 Å². The minimum Gasteiger partial charge on any atom is -0.382 e. The highest BCUT2D eigenvalue weighted by molar-refractivity contribution is 7.47. The molecule has 1 heterocycles. The second-order valence-electron chi connectivity index (χ2n) is 4.29. The summed E-state index contributed by atoms with van der Waals surface area (Å²) in [4.78, 5) is 20.4. The van der Waals surface area contributed by atoms with E-state index in [2.05, 4.69) is 4.52 Å². The highest BCUT2D eigenvalue weighted by atomic mass is 31.2. The molecule has 0 amide bonds. The van der Waals surface area contributed by atoms with E-state index in [9.17, 15) is 14.3 Å². The molecule has 1 aliphatic rings. The van der Waals surface area contributed by atoms with Crippen LogP contribution in [0.25, 0.3) is 0 Å². The Balaban J connectivity index is 2.81. The van der Waals surface area contributed by atoms with Gasteiger partial charge in [0.15, 0.2) is 5.78 Å². The molecular weight excluding hydrogens is 290 g/mol. The Labute approximate surface area is 118 Å². The monoisotopic (exact) mass is 308 g/mol. The maximum atomic E-state index is 11.5. The minimum atomic E-state index is -4.25. The number of ketones is 1. The van der Waals surface area contributed by atoms with Gasteiger partial charge in [-0.3, -0.25) is 13.8 Å². The molecule has 0 saturated carbocycles. The number of carbonyl (C=O) groups is 1. The summed E-state index contributed by atoms with van der Waals surface area (Å²) in [5.74, 6) is -0.218. The molecule has 8 nitrogen and oxygen atoms in total. The van der Waals surface area contributed by atoms with Crippen molar-refractivity contribution in [1.82, 2.24) is 0 Å². The van der Waals surface area contributed by atoms with Gasteiger partial charge in [-0.2, -0.15) is 0 Å². The van der Waals surface area contributed by atoms with Crippen molar-refractivity contribution in [2.75, 3.05) is 27.4 Å². The number of phosphoric ester groups is 1. The van der Waals surface area contributed by atoms with Crippen molar-refractivity contribution in [3.05, 3.63) is 0 Å². The highest BCUT2D eigenvalue weighted by Crippen LogP contribution is 2.46. The summed E-state index contributed by atoms with van der Waals surface area (Å²) in [6.07, 6.45) is -2.57. The largest absolute Gasteiger partial charge is 0.472 e. The molecule has 20 heavy (non-hydrogen) atoms. The van der Waals surface area contributed by atoms with Gasteiger partial charge in [-0.15, -0.1) is 0 Å². The standard InChI is InChI=1S/C10H18BO8P/c1-6(12)4-17-9-8(19-20(13,14)16-3)7(5-15-2)18-10(9)11/h7-10H,4-5H2,1-3H3,(H,13,14)/t7-,8?,9+,10-/m1/s1. The van der Waals surface area contributed by atoms with Gasteiger partial charge in [0.25, 0.3) is 0 Å². The summed E-state index contributed by atoms with van der Waals surface area (Å²) in [7, 11) is 3.95. The molecular formula is C10H18BO8P. The Hall–Kier alpha value is -0.275. The Morgan fingerprint density at radius 3 is 2.55 bits per heavy atom. The number of Topliss-reactive ketones (excluding diaryl/α,β-unsaturated/α-hetero) is 1. The molecule has 0 aromatic heterocycles. The van der Waals surface area contributed by atoms with Crippen LogP contribution in [-0.4, -0.2) is 70.3 Å². The molecule has 1 saturated heterocycles. The van der Waals surface area contributed by atoms with Gasteiger partial charge < -0.3 is 19.1 Å². The smallest absolute Gasteiger partial charge is 0.382 e. The van der Waals surface area contributed by atoms with Crippen LogP contribution in [0, 0.1) is 0 Å². The van der Waals surface area contributed by atoms with E-state index in [-0.39, 0.29) is 19.0 Å². The highest BCUT2D eigenvalue weighted by Gasteiger charge is 2.47. The van der Waals surface area contributed by atoms with Crippen molar-refractivity contribution >= 4 is 21.5 Å². The van der Waals surface area contributed by atoms with E-state index in [1.54, 1.807) is 0 Å². The molecule has 114 valence electrons. The molecule has 2 unspecified atom stereocenters. The Morgan fingerprint density at radius 1 is 1.40 bits per heavy atom. The predicted molar refractivity (Wildman–Crippen MR) is 68.4 cm³/mol. The first-order chi connectivity index (χ1) is 9.30. The Kier molecular flexibility index (Phi) is 6.80. The lowest BCUT2D eigenvalue weighted by atomic mass is 9.93. The molecule has 5 atom stereocenters. The first-order valence-corrected chi connectivity index (χ1v) is 7.38. The minimum absolute atomic E-state index is 0.0853. The Bertz CT molecular complexity index is 378. The summed E-state index contributed by atoms with van der Waals surface area (Å²) in [6.45, 7) is 1.22. The maximum Gasteiger partial charge on any atom is 0.472 e. The third-order valence-corrected chi connectivity index (χ3v) is 3.61. The molecule has 10 heteroatoms. The fourth-order valence-corrected chi connectivity index (χ4v) is 2.43. The molecule has 1 fully saturated rings. The quantitative estimate of drug-likeness (QED) is 0.479. The average molecular weight is 308 g/mol. The first-order valence-electron chi connectivity index (χ1n) is 5.88. The lowest BCUT2D eigenvalue weighted by Crippen LogP contribution is -2.39. The number of hydrogen-bond donors (Lipinski definition) is 1. The van der Waals surface area contributed by atoms with Crippen LogP contribution in [0.5, 0.6) is 0 Å². The van der Waals surface area contributed by atoms with E-state index in [0.717, 1.165) is 7.11 Å². The normalized spacial score (nSPS) is 33.0. The van der Waals surface area contributed by atoms with Crippen LogP contribution in [0.15, 0.2) is 0 Å². The van der Waals surface area contributed by atoms with Gasteiger partial charge in [0, 0.05) is 20.2 Å². The van der Waals surface area contributed by atoms with Crippen molar-refractivity contribution in [1.29, 1.82) is 0 Å². The van der Waals surface area contributed by atoms with Gasteiger partial charge in [0.1, 0.15) is 32.8 Å². The summed E-state index contributed by atoms with van der Waals surface area (Å²) in [5, 5.41) is 0. The number of hydrogen-bond acceptors (Lipinski definition) is 7. The maximum absolute atomic E-state index is 11.5. The lowest BCUT2D eigenvalue weighted by molar-refractivity contribution is -0.125. The zero-order valence-corrected chi connectivity index (χ0v) is 12.4. The number of methoxy groups -OCH3 is 1. The number of ether oxygens (including phenoxy) is 3. The molecule has 0 aliphatic carbocycles. The molecule has 1 aliphatic heterocycles. The van der Waals surface area contributed by atoms with Gasteiger partial charge >= 0.3 is 7.82 Å². The lowest BCUT2D eigenvalue weighted by Gasteiger charge is -2.24. The number of carbonyl (C=O) groups excluding carboxylic acids is 1. The van der Waals surface area contributed by atoms with E-state index in [4.69, 9.17) is 26.6 Å². The van der Waals surface area contributed by atoms with E-state index < -0.39 is 32.1 Å². The molecule has 0 aromatic carbocycles. The van der Waals surface area contributed by atoms with Crippen molar-refractivity contribution < 1.29 is 37.5 Å². The summed E-state index contributed by atoms with van der Waals surface area (Å²) >= 11 is 0. The zero-order valence-electron chi connectivity index (χ0n) is 11.6. The fourth-order valence-electron chi connectivity index (χ4n) is 1.78. The SMILES string of the molecule is [B][C@@H]1O[C@H](COC)C(OP(=O)(O)OC)[C@@H]1OCC(C)=O. The van der Waals surface area contributed by atoms with Crippen molar-refractivity contribution in [3.8, 4) is 0 Å². The van der Waals surface area contributed by atoms with Gasteiger partial charge in [0.2, 0.25) is 0 Å². The molecule has 0 aromatic rings. The van der Waals surface area contributed by atoms with Gasteiger partial charge in [-0.1, -0.05) is 0 Å². The molecule has 1 rings (SSSR count). The van der Waals surface area contributed by atoms with Crippen LogP contribution in [0.4, 0.5) is 0 Å². The third kappa shape index (κ3) is 4.93. The van der Waals surface area contributed by atoms with Crippen LogP contribution in [0.1, 0.15) is 6.92 Å². The van der Waals surface area contributed by atoms with Crippen LogP contribution in [0.2, 0.25) is 0 Å². The summed E-state index contributed by atoms with van der Waals surface area (Å²) in [6, 6.07) is -0.906. The predicted octanol–water partition coefficient (Wildman–Crippen LogP) is -0.368. The number of rotatable bonds is 8. The third-order valence-electron chi connectivity index (χ3n) is 2.64. The topological polar surface area (TPSA) is 101 Å². The summed E-state index contributed by atoms with van der Waals surface area (Å²) in [5.41, 5.74) is 0.